The molecule has 2 aromatic rings. The van der Waals surface area contributed by atoms with Crippen LogP contribution < -0.4 is 21.0 Å². The Labute approximate surface area is 142 Å². The number of rotatable bonds is 4. The number of fused-ring (bicyclic) bond motifs is 1. The number of nitro benzene ring substituents is 1. The van der Waals surface area contributed by atoms with Gasteiger partial charge in [-0.2, -0.15) is 5.10 Å². The molecule has 0 heterocycles. The Bertz CT molecular complexity index is 1020. The lowest BCUT2D eigenvalue weighted by Crippen LogP contribution is -2.27. The van der Waals surface area contributed by atoms with E-state index in [1.807, 2.05) is 0 Å². The van der Waals surface area contributed by atoms with Crippen molar-refractivity contribution >= 4 is 23.4 Å². The largest absolute Gasteiger partial charge is 0.872 e. The number of nitro groups is 1. The summed E-state index contributed by atoms with van der Waals surface area (Å²) in [7, 11) is 0. The molecule has 0 saturated heterocycles. The lowest BCUT2D eigenvalue weighted by molar-refractivity contribution is -0.384. The molecule has 0 aromatic heterocycles. The number of hydrogen-bond acceptors (Lipinski definition) is 6. The zero-order valence-electron chi connectivity index (χ0n) is 13.3. The van der Waals surface area contributed by atoms with Crippen molar-refractivity contribution in [1.82, 2.24) is 5.43 Å². The van der Waals surface area contributed by atoms with Crippen molar-refractivity contribution in [2.75, 3.05) is 0 Å². The van der Waals surface area contributed by atoms with Crippen molar-refractivity contribution < 1.29 is 15.1 Å². The van der Waals surface area contributed by atoms with Crippen LogP contribution in [0.25, 0.3) is 11.5 Å². The first-order valence-electron chi connectivity index (χ1n) is 7.44. The molecule has 0 aliphatic heterocycles. The topological polar surface area (TPSA) is 111 Å². The number of hydrazone groups is 1. The number of non-ortho nitro benzene ring substituents is 1. The lowest BCUT2D eigenvalue weighted by atomic mass is 10.2. The predicted molar refractivity (Wildman–Crippen MR) is 91.7 cm³/mol. The smallest absolute Gasteiger partial charge is 0.269 e. The maximum Gasteiger partial charge on any atom is 0.269 e. The third kappa shape index (κ3) is 3.07. The van der Waals surface area contributed by atoms with Crippen LogP contribution in [0.1, 0.15) is 12.5 Å². The van der Waals surface area contributed by atoms with Gasteiger partial charge in [0.05, 0.1) is 22.6 Å². The predicted octanol–water partition coefficient (Wildman–Crippen LogP) is 0.641. The number of allylic oxidation sites excluding steroid dienone is 1. The van der Waals surface area contributed by atoms with Crippen LogP contribution in [0.15, 0.2) is 65.0 Å². The van der Waals surface area contributed by atoms with E-state index in [4.69, 9.17) is 0 Å². The molecule has 3 rings (SSSR count). The van der Waals surface area contributed by atoms with Crippen LogP contribution in [0.3, 0.4) is 0 Å². The fourth-order valence-corrected chi connectivity index (χ4v) is 2.60. The van der Waals surface area contributed by atoms with E-state index in [0.29, 0.717) is 21.7 Å². The van der Waals surface area contributed by atoms with Crippen LogP contribution in [0.2, 0.25) is 0 Å². The Kier molecular flexibility index (Phi) is 4.21. The molecule has 25 heavy (non-hydrogen) atoms. The standard InChI is InChI=1S/C18H15N3O4/c1-11(22)16-17(14-4-2-3-5-15(14)18(16)23)20-19-10-12-6-8-13(9-7-12)21(24)25/h2-10,20,22-23H,1H3/p-1. The van der Waals surface area contributed by atoms with Gasteiger partial charge in [0.15, 0.2) is 0 Å². The highest BCUT2D eigenvalue weighted by atomic mass is 16.6. The van der Waals surface area contributed by atoms with Crippen molar-refractivity contribution in [3.8, 4) is 0 Å². The van der Waals surface area contributed by atoms with Crippen LogP contribution in [-0.2, 0) is 0 Å². The Morgan fingerprint density at radius 3 is 2.40 bits per heavy atom. The van der Waals surface area contributed by atoms with Crippen molar-refractivity contribution in [1.29, 1.82) is 0 Å². The molecule has 0 amide bonds. The van der Waals surface area contributed by atoms with E-state index in [9.17, 15) is 20.3 Å². The van der Waals surface area contributed by atoms with E-state index >= 15 is 0 Å². The number of nitrogens with zero attached hydrogens (tertiary/aromatic N) is 2. The van der Waals surface area contributed by atoms with E-state index in [2.05, 4.69) is 10.5 Å². The summed E-state index contributed by atoms with van der Waals surface area (Å²) in [6, 6.07) is 12.9. The molecule has 2 N–H and O–H groups in total. The summed E-state index contributed by atoms with van der Waals surface area (Å²) < 4.78 is 0. The summed E-state index contributed by atoms with van der Waals surface area (Å²) in [6.07, 6.45) is 1.48. The van der Waals surface area contributed by atoms with Gasteiger partial charge in [0, 0.05) is 22.9 Å². The number of aliphatic hydroxyl groups excluding tert-OH is 1. The molecular weight excluding hydrogens is 322 g/mol. The minimum absolute atomic E-state index is 0.00377. The quantitative estimate of drug-likeness (QED) is 0.368. The Balaban J connectivity index is 1.92. The van der Waals surface area contributed by atoms with Gasteiger partial charge in [-0.05, 0) is 29.8 Å². The molecule has 0 fully saturated rings. The average molecular weight is 336 g/mol. The van der Waals surface area contributed by atoms with Crippen molar-refractivity contribution in [3.05, 3.63) is 86.0 Å². The van der Waals surface area contributed by atoms with E-state index in [1.165, 1.54) is 25.3 Å². The fourth-order valence-electron chi connectivity index (χ4n) is 2.60. The van der Waals surface area contributed by atoms with Crippen molar-refractivity contribution in [3.63, 3.8) is 0 Å². The second-order valence-corrected chi connectivity index (χ2v) is 5.43. The van der Waals surface area contributed by atoms with Gasteiger partial charge in [0.1, 0.15) is 0 Å². The van der Waals surface area contributed by atoms with Gasteiger partial charge >= 0.3 is 0 Å². The average Bonchev–Trinajstić information content (AvgIpc) is 2.88. The molecule has 0 atom stereocenters. The molecule has 0 bridgehead atoms. The minimum Gasteiger partial charge on any atom is -0.872 e. The van der Waals surface area contributed by atoms with Crippen molar-refractivity contribution in [2.24, 2.45) is 5.10 Å². The van der Waals surface area contributed by atoms with Gasteiger partial charge in [-0.15, -0.1) is 0 Å². The number of aliphatic hydroxyl groups is 1. The second-order valence-electron chi connectivity index (χ2n) is 5.43. The third-order valence-corrected chi connectivity index (χ3v) is 3.77. The van der Waals surface area contributed by atoms with Gasteiger partial charge in [0.2, 0.25) is 0 Å². The summed E-state index contributed by atoms with van der Waals surface area (Å²) in [5.74, 6) is -0.349. The summed E-state index contributed by atoms with van der Waals surface area (Å²) in [5.41, 5.74) is 4.06. The first-order valence-corrected chi connectivity index (χ1v) is 7.44. The molecule has 1 aliphatic rings. The molecule has 0 unspecified atom stereocenters. The van der Waals surface area contributed by atoms with Crippen LogP contribution in [0.5, 0.6) is 0 Å². The molecule has 0 spiro atoms. The first kappa shape index (κ1) is 16.3. The second kappa shape index (κ2) is 6.48. The summed E-state index contributed by atoms with van der Waals surface area (Å²) >= 11 is 0. The Hall–Kier alpha value is -3.61. The first-order chi connectivity index (χ1) is 12.0. The SMILES string of the molecule is CC(O)=C1C([O-])=c2ccccc2=C1NN=Cc1ccc([N+](=O)[O-])cc1. The fraction of sp³-hybridized carbons (Fsp3) is 0.0556. The molecule has 7 nitrogen and oxygen atoms in total. The van der Waals surface area contributed by atoms with Gasteiger partial charge in [-0.1, -0.05) is 30.0 Å². The summed E-state index contributed by atoms with van der Waals surface area (Å²) in [4.78, 5) is 10.2. The summed E-state index contributed by atoms with van der Waals surface area (Å²) in [5, 5.41) is 38.1. The number of nitrogens with one attached hydrogen (secondary N) is 1. The van der Waals surface area contributed by atoms with Gasteiger partial charge < -0.3 is 10.2 Å². The van der Waals surface area contributed by atoms with E-state index in [1.54, 1.807) is 36.4 Å². The third-order valence-electron chi connectivity index (χ3n) is 3.77. The summed E-state index contributed by atoms with van der Waals surface area (Å²) in [6.45, 7) is 1.45. The maximum absolute atomic E-state index is 12.4. The van der Waals surface area contributed by atoms with Crippen LogP contribution in [0, 0.1) is 10.1 Å². The molecule has 2 aromatic carbocycles. The van der Waals surface area contributed by atoms with Crippen LogP contribution >= 0.6 is 0 Å². The zero-order chi connectivity index (χ0) is 18.0. The molecule has 0 radical (unpaired) electrons. The van der Waals surface area contributed by atoms with E-state index in [0.717, 1.165) is 0 Å². The molecule has 126 valence electrons. The molecule has 1 aliphatic carbocycles. The van der Waals surface area contributed by atoms with Gasteiger partial charge in [-0.25, -0.2) is 0 Å². The minimum atomic E-state index is -0.475. The van der Waals surface area contributed by atoms with Gasteiger partial charge in [0.25, 0.3) is 5.69 Å². The van der Waals surface area contributed by atoms with Gasteiger partial charge in [-0.3, -0.25) is 15.5 Å². The normalized spacial score (nSPS) is 15.4. The van der Waals surface area contributed by atoms with E-state index in [-0.39, 0.29) is 22.8 Å². The molecule has 7 heteroatoms. The van der Waals surface area contributed by atoms with Crippen LogP contribution in [-0.4, -0.2) is 16.2 Å². The zero-order valence-corrected chi connectivity index (χ0v) is 13.3. The maximum atomic E-state index is 12.4. The Morgan fingerprint density at radius 1 is 1.16 bits per heavy atom. The number of hydrogen-bond donors (Lipinski definition) is 2. The lowest BCUT2D eigenvalue weighted by Gasteiger charge is -2.14. The van der Waals surface area contributed by atoms with E-state index < -0.39 is 4.92 Å². The molecular formula is C18H14N3O4-. The highest BCUT2D eigenvalue weighted by Crippen LogP contribution is 2.19. The van der Waals surface area contributed by atoms with Crippen molar-refractivity contribution in [2.45, 2.75) is 6.92 Å². The highest BCUT2D eigenvalue weighted by molar-refractivity contribution is 5.86. The number of benzene rings is 2. The Morgan fingerprint density at radius 2 is 1.80 bits per heavy atom. The monoisotopic (exact) mass is 336 g/mol. The molecule has 0 saturated carbocycles. The highest BCUT2D eigenvalue weighted by Gasteiger charge is 2.16. The van der Waals surface area contributed by atoms with Crippen LogP contribution in [0.4, 0.5) is 5.69 Å².